The number of ether oxygens (including phenoxy) is 2. The van der Waals surface area contributed by atoms with Gasteiger partial charge in [-0.3, -0.25) is 0 Å². The van der Waals surface area contributed by atoms with Crippen LogP contribution in [-0.2, 0) is 9.47 Å². The molecule has 0 aromatic carbocycles. The predicted molar refractivity (Wildman–Crippen MR) is 83.3 cm³/mol. The molecule has 0 N–H and O–H groups in total. The smallest absolute Gasteiger partial charge is 0.410 e. The molecule has 122 valence electrons. The Morgan fingerprint density at radius 1 is 1.14 bits per heavy atom. The molecule has 4 nitrogen and oxygen atoms in total. The lowest BCUT2D eigenvalue weighted by atomic mass is 9.71. The SMILES string of the molecule is CCCC1CC(CCOC2CN(C(=O)OC(C)(C)C)C2)C1. The number of nitrogens with zero attached hydrogens (tertiary/aromatic N) is 1. The summed E-state index contributed by atoms with van der Waals surface area (Å²) in [5.41, 5.74) is -0.414. The molecular weight excluding hydrogens is 266 g/mol. The van der Waals surface area contributed by atoms with Crippen LogP contribution in [0.5, 0.6) is 0 Å². The zero-order chi connectivity index (χ0) is 15.5. The first-order valence-corrected chi connectivity index (χ1v) is 8.47. The maximum atomic E-state index is 11.8. The summed E-state index contributed by atoms with van der Waals surface area (Å²) < 4.78 is 11.2. The van der Waals surface area contributed by atoms with Crippen molar-refractivity contribution in [2.24, 2.45) is 11.8 Å². The van der Waals surface area contributed by atoms with E-state index in [1.54, 1.807) is 4.90 Å². The maximum absolute atomic E-state index is 11.8. The molecule has 2 rings (SSSR count). The van der Waals surface area contributed by atoms with Crippen molar-refractivity contribution in [1.82, 2.24) is 4.90 Å². The van der Waals surface area contributed by atoms with Crippen LogP contribution in [0, 0.1) is 11.8 Å². The highest BCUT2D eigenvalue weighted by Gasteiger charge is 2.34. The fourth-order valence-corrected chi connectivity index (χ4v) is 3.17. The molecule has 21 heavy (non-hydrogen) atoms. The summed E-state index contributed by atoms with van der Waals surface area (Å²) in [5, 5.41) is 0. The molecule has 1 aliphatic heterocycles. The van der Waals surface area contributed by atoms with Crippen molar-refractivity contribution < 1.29 is 14.3 Å². The fraction of sp³-hybridized carbons (Fsp3) is 0.941. The molecule has 2 fully saturated rings. The Bertz CT molecular complexity index is 338. The number of carbonyl (C=O) groups excluding carboxylic acids is 1. The van der Waals surface area contributed by atoms with Crippen LogP contribution >= 0.6 is 0 Å². The molecule has 0 bridgehead atoms. The molecule has 0 radical (unpaired) electrons. The third-order valence-electron chi connectivity index (χ3n) is 4.41. The van der Waals surface area contributed by atoms with E-state index in [1.165, 1.54) is 32.1 Å². The zero-order valence-corrected chi connectivity index (χ0v) is 14.1. The van der Waals surface area contributed by atoms with E-state index in [0.717, 1.165) is 18.4 Å². The minimum absolute atomic E-state index is 0.212. The quantitative estimate of drug-likeness (QED) is 0.747. The summed E-state index contributed by atoms with van der Waals surface area (Å²) in [7, 11) is 0. The minimum Gasteiger partial charge on any atom is -0.444 e. The molecule has 2 aliphatic rings. The first-order chi connectivity index (χ1) is 9.87. The number of likely N-dealkylation sites (tertiary alicyclic amines) is 1. The predicted octanol–water partition coefficient (Wildman–Crippen LogP) is 3.84. The lowest BCUT2D eigenvalue weighted by Crippen LogP contribution is -2.56. The van der Waals surface area contributed by atoms with Crippen molar-refractivity contribution >= 4 is 6.09 Å². The molecule has 1 saturated carbocycles. The highest BCUT2D eigenvalue weighted by Crippen LogP contribution is 2.38. The van der Waals surface area contributed by atoms with E-state index >= 15 is 0 Å². The third-order valence-corrected chi connectivity index (χ3v) is 4.41. The van der Waals surface area contributed by atoms with Crippen LogP contribution in [0.4, 0.5) is 4.79 Å². The van der Waals surface area contributed by atoms with Crippen LogP contribution in [0.2, 0.25) is 0 Å². The second-order valence-electron chi connectivity index (χ2n) is 7.66. The van der Waals surface area contributed by atoms with Crippen LogP contribution in [0.15, 0.2) is 0 Å². The normalized spacial score (nSPS) is 26.2. The average molecular weight is 297 g/mol. The van der Waals surface area contributed by atoms with Gasteiger partial charge in [-0.05, 0) is 51.9 Å². The molecule has 0 atom stereocenters. The van der Waals surface area contributed by atoms with E-state index in [-0.39, 0.29) is 12.2 Å². The van der Waals surface area contributed by atoms with Gasteiger partial charge in [-0.2, -0.15) is 0 Å². The Balaban J connectivity index is 1.49. The summed E-state index contributed by atoms with van der Waals surface area (Å²) in [6, 6.07) is 0. The number of hydrogen-bond donors (Lipinski definition) is 0. The van der Waals surface area contributed by atoms with Gasteiger partial charge in [0.05, 0.1) is 19.2 Å². The fourth-order valence-electron chi connectivity index (χ4n) is 3.17. The van der Waals surface area contributed by atoms with E-state index in [4.69, 9.17) is 9.47 Å². The van der Waals surface area contributed by atoms with Crippen molar-refractivity contribution in [3.05, 3.63) is 0 Å². The minimum atomic E-state index is -0.414. The van der Waals surface area contributed by atoms with E-state index in [9.17, 15) is 4.79 Å². The average Bonchev–Trinajstić information content (AvgIpc) is 2.25. The van der Waals surface area contributed by atoms with E-state index < -0.39 is 5.60 Å². The van der Waals surface area contributed by atoms with Crippen molar-refractivity contribution in [2.75, 3.05) is 19.7 Å². The second-order valence-corrected chi connectivity index (χ2v) is 7.66. The first-order valence-electron chi connectivity index (χ1n) is 8.47. The van der Waals surface area contributed by atoms with Gasteiger partial charge in [-0.15, -0.1) is 0 Å². The van der Waals surface area contributed by atoms with Crippen LogP contribution in [0.3, 0.4) is 0 Å². The Morgan fingerprint density at radius 2 is 1.76 bits per heavy atom. The molecule has 1 aliphatic carbocycles. The number of amides is 1. The lowest BCUT2D eigenvalue weighted by molar-refractivity contribution is -0.0682. The summed E-state index contributed by atoms with van der Waals surface area (Å²) in [6.45, 7) is 10.1. The number of rotatable bonds is 6. The van der Waals surface area contributed by atoms with Gasteiger partial charge >= 0.3 is 6.09 Å². The Kier molecular flexibility index (Phi) is 5.53. The standard InChI is InChI=1S/C17H31NO3/c1-5-6-13-9-14(10-13)7-8-20-15-11-18(12-15)16(19)21-17(2,3)4/h13-15H,5-12H2,1-4H3. The van der Waals surface area contributed by atoms with E-state index in [2.05, 4.69) is 6.92 Å². The highest BCUT2D eigenvalue weighted by molar-refractivity contribution is 5.69. The summed E-state index contributed by atoms with van der Waals surface area (Å²) in [6.07, 6.45) is 6.68. The molecule has 0 unspecified atom stereocenters. The molecule has 1 amide bonds. The van der Waals surface area contributed by atoms with Gasteiger partial charge in [0.1, 0.15) is 5.60 Å². The van der Waals surface area contributed by atoms with Gasteiger partial charge in [-0.25, -0.2) is 4.79 Å². The number of carbonyl (C=O) groups is 1. The molecule has 0 aromatic heterocycles. The molecular formula is C17H31NO3. The molecule has 1 saturated heterocycles. The summed E-state index contributed by atoms with van der Waals surface area (Å²) in [5.74, 6) is 1.86. The van der Waals surface area contributed by atoms with Crippen molar-refractivity contribution in [3.8, 4) is 0 Å². The topological polar surface area (TPSA) is 38.8 Å². The molecule has 0 spiro atoms. The van der Waals surface area contributed by atoms with Crippen LogP contribution in [-0.4, -0.2) is 42.4 Å². The third kappa shape index (κ3) is 5.17. The van der Waals surface area contributed by atoms with Crippen molar-refractivity contribution in [2.45, 2.75) is 71.5 Å². The lowest BCUT2D eigenvalue weighted by Gasteiger charge is -2.40. The van der Waals surface area contributed by atoms with Crippen molar-refractivity contribution in [3.63, 3.8) is 0 Å². The highest BCUT2D eigenvalue weighted by atomic mass is 16.6. The van der Waals surface area contributed by atoms with Gasteiger partial charge < -0.3 is 14.4 Å². The molecule has 4 heteroatoms. The van der Waals surface area contributed by atoms with E-state index in [0.29, 0.717) is 13.1 Å². The largest absolute Gasteiger partial charge is 0.444 e. The van der Waals surface area contributed by atoms with Crippen LogP contribution in [0.1, 0.15) is 59.8 Å². The maximum Gasteiger partial charge on any atom is 0.410 e. The van der Waals surface area contributed by atoms with Gasteiger partial charge in [0, 0.05) is 6.61 Å². The van der Waals surface area contributed by atoms with Gasteiger partial charge in [0.2, 0.25) is 0 Å². The van der Waals surface area contributed by atoms with Gasteiger partial charge in [0.15, 0.2) is 0 Å². The summed E-state index contributed by atoms with van der Waals surface area (Å²) >= 11 is 0. The molecule has 0 aromatic rings. The first kappa shape index (κ1) is 16.6. The van der Waals surface area contributed by atoms with E-state index in [1.807, 2.05) is 20.8 Å². The Labute approximate surface area is 129 Å². The summed E-state index contributed by atoms with van der Waals surface area (Å²) in [4.78, 5) is 13.5. The van der Waals surface area contributed by atoms with Gasteiger partial charge in [-0.1, -0.05) is 19.8 Å². The van der Waals surface area contributed by atoms with Gasteiger partial charge in [0.25, 0.3) is 0 Å². The van der Waals surface area contributed by atoms with Crippen LogP contribution < -0.4 is 0 Å². The Morgan fingerprint density at radius 3 is 2.33 bits per heavy atom. The monoisotopic (exact) mass is 297 g/mol. The zero-order valence-electron chi connectivity index (χ0n) is 14.1. The van der Waals surface area contributed by atoms with Crippen molar-refractivity contribution in [1.29, 1.82) is 0 Å². The Hall–Kier alpha value is -0.770. The second kappa shape index (κ2) is 6.99. The molecule has 1 heterocycles. The number of hydrogen-bond acceptors (Lipinski definition) is 3. The van der Waals surface area contributed by atoms with Crippen LogP contribution in [0.25, 0.3) is 0 Å².